The maximum Gasteiger partial charge on any atom is 0.322 e. The number of carbonyl (C=O) groups is 13. The molecule has 0 fully saturated rings. The second-order valence-electron chi connectivity index (χ2n) is 18.2. The lowest BCUT2D eigenvalue weighted by molar-refractivity contribution is -0.142. The molecule has 27 nitrogen and oxygen atoms in total. The number of carbonyl (C=O) groups excluding carboxylic acids is 11. The van der Waals surface area contributed by atoms with E-state index in [2.05, 4.69) is 42.5 Å². The number of primary amides is 2. The molecule has 0 saturated heterocycles. The van der Waals surface area contributed by atoms with Gasteiger partial charge in [-0.1, -0.05) is 68.2 Å². The van der Waals surface area contributed by atoms with E-state index >= 15 is 0 Å². The van der Waals surface area contributed by atoms with Crippen molar-refractivity contribution in [1.29, 1.82) is 0 Å². The Morgan fingerprint density at radius 2 is 0.859 bits per heavy atom. The van der Waals surface area contributed by atoms with Gasteiger partial charge in [0, 0.05) is 6.42 Å². The molecule has 0 saturated carbocycles. The molecular weight excluding hydrogens is 937 g/mol. The van der Waals surface area contributed by atoms with Crippen LogP contribution in [-0.4, -0.2) is 148 Å². The van der Waals surface area contributed by atoms with Crippen LogP contribution in [0.5, 0.6) is 0 Å². The first kappa shape index (κ1) is 64.1. The normalized spacial score (nSPS) is 15.7. The molecule has 0 rings (SSSR count). The van der Waals surface area contributed by atoms with E-state index in [0.717, 1.165) is 0 Å². The smallest absolute Gasteiger partial charge is 0.322 e. The van der Waals surface area contributed by atoms with Gasteiger partial charge in [0.2, 0.25) is 65.0 Å². The van der Waals surface area contributed by atoms with Crippen LogP contribution in [0, 0.1) is 23.7 Å². The Bertz CT molecular complexity index is 1930. The lowest BCUT2D eigenvalue weighted by Gasteiger charge is -2.30. The van der Waals surface area contributed by atoms with Gasteiger partial charge in [0.25, 0.3) is 0 Å². The Morgan fingerprint density at radius 1 is 0.451 bits per heavy atom. The summed E-state index contributed by atoms with van der Waals surface area (Å²) in [5.74, 6) is -15.0. The Labute approximate surface area is 412 Å². The molecule has 0 aliphatic rings. The zero-order chi connectivity index (χ0) is 55.0. The van der Waals surface area contributed by atoms with Crippen molar-refractivity contribution in [3.8, 4) is 0 Å². The van der Waals surface area contributed by atoms with Crippen molar-refractivity contribution in [2.45, 2.75) is 169 Å². The van der Waals surface area contributed by atoms with E-state index in [-0.39, 0.29) is 43.9 Å². The molecule has 0 unspecified atom stereocenters. The standard InChI is InChI=1S/C44H76N12O15/c1-11-21(7)34(55-37(64)24(10)49-36(63)23(9)50-39(66)25(13-14-29(45)57)51-42(69)33(47)20(5)6)43(70)54-28(17-31(59)60)40(67)52-26(15-19(3)4)41(68)56-35(22(8)12-2)44(71)53-27(16-30(46)58)38(65)48-18-32(61)62/h19-28,33-35H,11-18,47H2,1-10H3,(H2,45,57)(H2,46,58)(H,48,65)(H,49,63)(H,50,66)(H,51,69)(H,52,67)(H,53,71)(H,54,70)(H,55,64)(H,56,68)(H,59,60)(H,61,62)/t21-,22-,23-,24-,25-,26-,27-,28-,33-,34-,35-/m0/s1. The number of nitrogens with one attached hydrogen (secondary N) is 9. The van der Waals surface area contributed by atoms with Crippen LogP contribution in [0.15, 0.2) is 0 Å². The van der Waals surface area contributed by atoms with Gasteiger partial charge in [-0.05, 0) is 50.4 Å². The molecule has 0 spiro atoms. The summed E-state index contributed by atoms with van der Waals surface area (Å²) in [5, 5.41) is 40.1. The van der Waals surface area contributed by atoms with Gasteiger partial charge in [0.15, 0.2) is 0 Å². The van der Waals surface area contributed by atoms with Crippen LogP contribution in [0.4, 0.5) is 0 Å². The predicted molar refractivity (Wildman–Crippen MR) is 253 cm³/mol. The Hall–Kier alpha value is -6.93. The third-order valence-corrected chi connectivity index (χ3v) is 11.2. The molecule has 17 N–H and O–H groups in total. The number of carboxylic acid groups (broad SMARTS) is 2. The van der Waals surface area contributed by atoms with Gasteiger partial charge < -0.3 is 75.3 Å². The second kappa shape index (κ2) is 31.3. The molecule has 0 heterocycles. The van der Waals surface area contributed by atoms with Crippen LogP contribution in [0.3, 0.4) is 0 Å². The molecule has 0 radical (unpaired) electrons. The Balaban J connectivity index is 6.32. The quantitative estimate of drug-likeness (QED) is 0.0297. The molecule has 11 atom stereocenters. The summed E-state index contributed by atoms with van der Waals surface area (Å²) in [6.45, 7) is 15.0. The van der Waals surface area contributed by atoms with Gasteiger partial charge >= 0.3 is 11.9 Å². The molecule has 0 bridgehead atoms. The first-order chi connectivity index (χ1) is 32.9. The van der Waals surface area contributed by atoms with Gasteiger partial charge in [0.05, 0.1) is 18.9 Å². The number of carboxylic acids is 2. The monoisotopic (exact) mass is 1010 g/mol. The molecule has 0 aromatic heterocycles. The van der Waals surface area contributed by atoms with Crippen molar-refractivity contribution < 1.29 is 72.5 Å². The average Bonchev–Trinajstić information content (AvgIpc) is 3.27. The first-order valence-electron chi connectivity index (χ1n) is 23.3. The van der Waals surface area contributed by atoms with Crippen LogP contribution >= 0.6 is 0 Å². The molecule has 11 amide bonds. The van der Waals surface area contributed by atoms with Crippen molar-refractivity contribution >= 4 is 76.9 Å². The maximum atomic E-state index is 13.9. The van der Waals surface area contributed by atoms with Crippen molar-refractivity contribution in [2.24, 2.45) is 40.9 Å². The topological polar surface area (TPSA) is 449 Å². The summed E-state index contributed by atoms with van der Waals surface area (Å²) in [6.07, 6.45) is -1.73. The number of hydrogen-bond donors (Lipinski definition) is 14. The highest BCUT2D eigenvalue weighted by molar-refractivity contribution is 5.99. The highest BCUT2D eigenvalue weighted by atomic mass is 16.4. The van der Waals surface area contributed by atoms with Crippen LogP contribution in [0.2, 0.25) is 0 Å². The number of amides is 11. The Morgan fingerprint density at radius 3 is 1.28 bits per heavy atom. The lowest BCUT2D eigenvalue weighted by atomic mass is 9.96. The average molecular weight is 1010 g/mol. The highest BCUT2D eigenvalue weighted by Gasteiger charge is 2.37. The molecule has 0 aromatic rings. The minimum atomic E-state index is -1.84. The number of rotatable bonds is 33. The number of nitrogens with two attached hydrogens (primary N) is 3. The van der Waals surface area contributed by atoms with Gasteiger partial charge in [-0.15, -0.1) is 0 Å². The zero-order valence-electron chi connectivity index (χ0n) is 42.1. The lowest BCUT2D eigenvalue weighted by Crippen LogP contribution is -2.61. The highest BCUT2D eigenvalue weighted by Crippen LogP contribution is 2.14. The van der Waals surface area contributed by atoms with Crippen LogP contribution in [0.1, 0.15) is 114 Å². The summed E-state index contributed by atoms with van der Waals surface area (Å²) in [6, 6.07) is -12.7. The second-order valence-corrected chi connectivity index (χ2v) is 18.2. The van der Waals surface area contributed by atoms with E-state index in [4.69, 9.17) is 22.3 Å². The molecule has 71 heavy (non-hydrogen) atoms. The van der Waals surface area contributed by atoms with E-state index in [1.807, 2.05) is 5.32 Å². The van der Waals surface area contributed by atoms with Crippen molar-refractivity contribution in [3.05, 3.63) is 0 Å². The van der Waals surface area contributed by atoms with E-state index in [1.165, 1.54) is 13.8 Å². The predicted octanol–water partition coefficient (Wildman–Crippen LogP) is -4.16. The molecule has 27 heteroatoms. The fraction of sp³-hybridized carbons (Fsp3) is 0.705. The van der Waals surface area contributed by atoms with E-state index < -0.39 is 163 Å². The molecular formula is C44H76N12O15. The molecule has 0 aliphatic heterocycles. The fourth-order valence-corrected chi connectivity index (χ4v) is 6.42. The fourth-order valence-electron chi connectivity index (χ4n) is 6.42. The first-order valence-corrected chi connectivity index (χ1v) is 23.3. The summed E-state index contributed by atoms with van der Waals surface area (Å²) in [5.41, 5.74) is 16.4. The van der Waals surface area contributed by atoms with Crippen LogP contribution in [0.25, 0.3) is 0 Å². The van der Waals surface area contributed by atoms with Gasteiger partial charge in [-0.3, -0.25) is 62.3 Å². The zero-order valence-corrected chi connectivity index (χ0v) is 42.1. The van der Waals surface area contributed by atoms with E-state index in [9.17, 15) is 67.4 Å². The van der Waals surface area contributed by atoms with Crippen LogP contribution < -0.4 is 65.1 Å². The SMILES string of the molecule is CC[C@H](C)[C@H](NC(=O)[C@H](C)NC(=O)[C@H](C)NC(=O)[C@H](CCC(N)=O)NC(=O)[C@@H](N)C(C)C)C(=O)N[C@@H](CC(=O)O)C(=O)N[C@@H](CC(C)C)C(=O)N[C@H](C(=O)N[C@@H](CC(N)=O)C(=O)NCC(=O)O)[C@@H](C)CC. The molecule has 0 aliphatic carbocycles. The summed E-state index contributed by atoms with van der Waals surface area (Å²) >= 11 is 0. The van der Waals surface area contributed by atoms with Gasteiger partial charge in [-0.2, -0.15) is 0 Å². The Kier molecular flexibility index (Phi) is 28.3. The van der Waals surface area contributed by atoms with Crippen LogP contribution in [-0.2, 0) is 62.3 Å². The third-order valence-electron chi connectivity index (χ3n) is 11.2. The van der Waals surface area contributed by atoms with Crippen molar-refractivity contribution in [2.75, 3.05) is 6.54 Å². The largest absolute Gasteiger partial charge is 0.481 e. The summed E-state index contributed by atoms with van der Waals surface area (Å²) in [4.78, 5) is 166. The summed E-state index contributed by atoms with van der Waals surface area (Å²) < 4.78 is 0. The van der Waals surface area contributed by atoms with E-state index in [0.29, 0.717) is 0 Å². The third kappa shape index (κ3) is 24.0. The van der Waals surface area contributed by atoms with E-state index in [1.54, 1.807) is 55.4 Å². The minimum absolute atomic E-state index is 0.0705. The van der Waals surface area contributed by atoms with Crippen molar-refractivity contribution in [3.63, 3.8) is 0 Å². The molecule has 402 valence electrons. The van der Waals surface area contributed by atoms with Gasteiger partial charge in [-0.25, -0.2) is 0 Å². The molecule has 0 aromatic carbocycles. The van der Waals surface area contributed by atoms with Gasteiger partial charge in [0.1, 0.15) is 54.9 Å². The van der Waals surface area contributed by atoms with Crippen molar-refractivity contribution in [1.82, 2.24) is 47.9 Å². The number of hydrogen-bond acceptors (Lipinski definition) is 14. The number of aliphatic carboxylic acids is 2. The maximum absolute atomic E-state index is 13.9. The minimum Gasteiger partial charge on any atom is -0.481 e. The summed E-state index contributed by atoms with van der Waals surface area (Å²) in [7, 11) is 0.